The maximum atomic E-state index is 12.7. The number of aromatic nitrogens is 2. The first kappa shape index (κ1) is 20.0. The molecule has 2 aromatic carbocycles. The van der Waals surface area contributed by atoms with E-state index in [-0.39, 0.29) is 24.6 Å². The number of nitrogens with one attached hydrogen (secondary N) is 1. The van der Waals surface area contributed by atoms with E-state index in [0.717, 1.165) is 0 Å². The Morgan fingerprint density at radius 3 is 2.69 bits per heavy atom. The standard InChI is InChI=1S/C21H20N4O4/c1-28-11-10-25(20(26)14-29-16-8-6-15(12-22)7-9-16)13-19-23-18-5-3-2-4-17(18)21(27)24-19/h2-9H,10-11,13-14H2,1H3,(H,23,24,27). The summed E-state index contributed by atoms with van der Waals surface area (Å²) in [5, 5.41) is 9.33. The Balaban J connectivity index is 1.72. The first-order chi connectivity index (χ1) is 14.1. The Hall–Kier alpha value is -3.70. The van der Waals surface area contributed by atoms with Crippen LogP contribution in [-0.2, 0) is 16.1 Å². The lowest BCUT2D eigenvalue weighted by Gasteiger charge is -2.22. The van der Waals surface area contributed by atoms with Gasteiger partial charge in [-0.2, -0.15) is 5.26 Å². The fourth-order valence-electron chi connectivity index (χ4n) is 2.75. The lowest BCUT2D eigenvalue weighted by molar-refractivity contribution is -0.134. The molecule has 0 aliphatic heterocycles. The van der Waals surface area contributed by atoms with Gasteiger partial charge < -0.3 is 19.4 Å². The van der Waals surface area contributed by atoms with Crippen molar-refractivity contribution in [3.63, 3.8) is 0 Å². The number of benzene rings is 2. The van der Waals surface area contributed by atoms with E-state index in [1.54, 1.807) is 55.6 Å². The largest absolute Gasteiger partial charge is 0.484 e. The van der Waals surface area contributed by atoms with Crippen molar-refractivity contribution in [2.75, 3.05) is 26.9 Å². The van der Waals surface area contributed by atoms with E-state index >= 15 is 0 Å². The molecule has 148 valence electrons. The summed E-state index contributed by atoms with van der Waals surface area (Å²) in [6, 6.07) is 15.6. The number of carbonyl (C=O) groups excluding carboxylic acids is 1. The molecule has 0 radical (unpaired) electrons. The zero-order valence-corrected chi connectivity index (χ0v) is 15.9. The van der Waals surface area contributed by atoms with Crippen LogP contribution >= 0.6 is 0 Å². The van der Waals surface area contributed by atoms with E-state index in [9.17, 15) is 9.59 Å². The second-order valence-electron chi connectivity index (χ2n) is 6.26. The molecule has 1 N–H and O–H groups in total. The molecule has 3 aromatic rings. The first-order valence-corrected chi connectivity index (χ1v) is 8.98. The number of nitriles is 1. The number of hydrogen-bond acceptors (Lipinski definition) is 6. The topological polar surface area (TPSA) is 108 Å². The Labute approximate surface area is 167 Å². The predicted octanol–water partition coefficient (Wildman–Crippen LogP) is 1.85. The molecular weight excluding hydrogens is 372 g/mol. The summed E-state index contributed by atoms with van der Waals surface area (Å²) in [6.07, 6.45) is 0. The summed E-state index contributed by atoms with van der Waals surface area (Å²) < 4.78 is 10.6. The lowest BCUT2D eigenvalue weighted by atomic mass is 10.2. The van der Waals surface area contributed by atoms with Gasteiger partial charge in [-0.05, 0) is 36.4 Å². The van der Waals surface area contributed by atoms with Crippen molar-refractivity contribution < 1.29 is 14.3 Å². The number of rotatable bonds is 8. The number of para-hydroxylation sites is 1. The van der Waals surface area contributed by atoms with E-state index in [0.29, 0.717) is 41.2 Å². The Morgan fingerprint density at radius 2 is 1.97 bits per heavy atom. The van der Waals surface area contributed by atoms with Crippen LogP contribution in [0.5, 0.6) is 5.75 Å². The number of amides is 1. The molecule has 0 bridgehead atoms. The van der Waals surface area contributed by atoms with Crippen molar-refractivity contribution in [1.29, 1.82) is 5.26 Å². The minimum atomic E-state index is -0.276. The molecule has 29 heavy (non-hydrogen) atoms. The Bertz CT molecular complexity index is 1090. The fraction of sp³-hybridized carbons (Fsp3) is 0.238. The van der Waals surface area contributed by atoms with Gasteiger partial charge >= 0.3 is 0 Å². The summed E-state index contributed by atoms with van der Waals surface area (Å²) in [5.41, 5.74) is 0.828. The molecule has 0 saturated heterocycles. The third kappa shape index (κ3) is 5.18. The summed E-state index contributed by atoms with van der Waals surface area (Å²) >= 11 is 0. The van der Waals surface area contributed by atoms with Crippen molar-refractivity contribution in [2.24, 2.45) is 0 Å². The van der Waals surface area contributed by atoms with Crippen molar-refractivity contribution >= 4 is 16.8 Å². The molecule has 0 aliphatic carbocycles. The average Bonchev–Trinajstić information content (AvgIpc) is 2.75. The van der Waals surface area contributed by atoms with Gasteiger partial charge in [0.15, 0.2) is 6.61 Å². The zero-order chi connectivity index (χ0) is 20.6. The van der Waals surface area contributed by atoms with Gasteiger partial charge in [-0.1, -0.05) is 12.1 Å². The van der Waals surface area contributed by atoms with Gasteiger partial charge in [0.2, 0.25) is 0 Å². The minimum absolute atomic E-state index is 0.124. The second-order valence-corrected chi connectivity index (χ2v) is 6.26. The highest BCUT2D eigenvalue weighted by Gasteiger charge is 2.16. The van der Waals surface area contributed by atoms with Crippen LogP contribution in [0, 0.1) is 11.3 Å². The molecule has 0 atom stereocenters. The van der Waals surface area contributed by atoms with Gasteiger partial charge in [0.25, 0.3) is 11.5 Å². The number of aromatic amines is 1. The quantitative estimate of drug-likeness (QED) is 0.627. The number of methoxy groups -OCH3 is 1. The highest BCUT2D eigenvalue weighted by Crippen LogP contribution is 2.12. The Morgan fingerprint density at radius 1 is 1.21 bits per heavy atom. The average molecular weight is 392 g/mol. The van der Waals surface area contributed by atoms with Gasteiger partial charge in [0.1, 0.15) is 11.6 Å². The molecule has 8 heteroatoms. The van der Waals surface area contributed by atoms with Crippen molar-refractivity contribution in [3.05, 3.63) is 70.3 Å². The number of fused-ring (bicyclic) bond motifs is 1. The zero-order valence-electron chi connectivity index (χ0n) is 15.9. The van der Waals surface area contributed by atoms with Crippen LogP contribution in [0.1, 0.15) is 11.4 Å². The van der Waals surface area contributed by atoms with Crippen molar-refractivity contribution in [3.8, 4) is 11.8 Å². The van der Waals surface area contributed by atoms with Crippen LogP contribution in [0.25, 0.3) is 10.9 Å². The van der Waals surface area contributed by atoms with Crippen molar-refractivity contribution in [1.82, 2.24) is 14.9 Å². The summed E-state index contributed by atoms with van der Waals surface area (Å²) in [5.74, 6) is 0.597. The third-order valence-electron chi connectivity index (χ3n) is 4.27. The van der Waals surface area contributed by atoms with E-state index in [2.05, 4.69) is 9.97 Å². The summed E-state index contributed by atoms with van der Waals surface area (Å²) in [4.78, 5) is 33.6. The van der Waals surface area contributed by atoms with Gasteiger partial charge in [-0.3, -0.25) is 9.59 Å². The SMILES string of the molecule is COCCN(Cc1nc2ccccc2c(=O)[nH]1)C(=O)COc1ccc(C#N)cc1. The lowest BCUT2D eigenvalue weighted by Crippen LogP contribution is -2.37. The molecule has 8 nitrogen and oxygen atoms in total. The maximum Gasteiger partial charge on any atom is 0.260 e. The minimum Gasteiger partial charge on any atom is -0.484 e. The molecule has 1 heterocycles. The van der Waals surface area contributed by atoms with Crippen LogP contribution in [0.15, 0.2) is 53.3 Å². The van der Waals surface area contributed by atoms with Crippen LogP contribution < -0.4 is 10.3 Å². The third-order valence-corrected chi connectivity index (χ3v) is 4.27. The summed E-state index contributed by atoms with van der Waals surface area (Å²) in [7, 11) is 1.55. The van der Waals surface area contributed by atoms with Gasteiger partial charge in [-0.25, -0.2) is 4.98 Å². The molecular formula is C21H20N4O4. The maximum absolute atomic E-state index is 12.7. The highest BCUT2D eigenvalue weighted by molar-refractivity contribution is 5.78. The summed E-state index contributed by atoms with van der Waals surface area (Å²) in [6.45, 7) is 0.593. The molecule has 0 spiro atoms. The molecule has 1 aromatic heterocycles. The van der Waals surface area contributed by atoms with E-state index in [1.807, 2.05) is 6.07 Å². The second kappa shape index (κ2) is 9.48. The van der Waals surface area contributed by atoms with Gasteiger partial charge in [0.05, 0.1) is 35.7 Å². The monoisotopic (exact) mass is 392 g/mol. The molecule has 0 saturated carbocycles. The van der Waals surface area contributed by atoms with E-state index in [1.165, 1.54) is 4.90 Å². The molecule has 0 aliphatic rings. The first-order valence-electron chi connectivity index (χ1n) is 8.98. The highest BCUT2D eigenvalue weighted by atomic mass is 16.5. The van der Waals surface area contributed by atoms with E-state index in [4.69, 9.17) is 14.7 Å². The molecule has 1 amide bonds. The number of H-pyrrole nitrogens is 1. The number of ether oxygens (including phenoxy) is 2. The van der Waals surface area contributed by atoms with Gasteiger partial charge in [-0.15, -0.1) is 0 Å². The predicted molar refractivity (Wildman–Crippen MR) is 106 cm³/mol. The van der Waals surface area contributed by atoms with Crippen LogP contribution in [0.3, 0.4) is 0 Å². The molecule has 0 unspecified atom stereocenters. The van der Waals surface area contributed by atoms with Crippen molar-refractivity contribution in [2.45, 2.75) is 6.54 Å². The normalized spacial score (nSPS) is 10.5. The van der Waals surface area contributed by atoms with Crippen LogP contribution in [0.4, 0.5) is 0 Å². The Kier molecular flexibility index (Phi) is 6.55. The van der Waals surface area contributed by atoms with Gasteiger partial charge in [0, 0.05) is 13.7 Å². The fourth-order valence-corrected chi connectivity index (χ4v) is 2.75. The molecule has 0 fully saturated rings. The van der Waals surface area contributed by atoms with E-state index < -0.39 is 0 Å². The van der Waals surface area contributed by atoms with Crippen LogP contribution in [-0.4, -0.2) is 47.6 Å². The molecule has 3 rings (SSSR count). The van der Waals surface area contributed by atoms with Crippen LogP contribution in [0.2, 0.25) is 0 Å². The number of carbonyl (C=O) groups is 1. The number of nitrogens with zero attached hydrogens (tertiary/aromatic N) is 3. The smallest absolute Gasteiger partial charge is 0.260 e. The number of hydrogen-bond donors (Lipinski definition) is 1.